The van der Waals surface area contributed by atoms with E-state index in [0.29, 0.717) is 33.2 Å². The van der Waals surface area contributed by atoms with Gasteiger partial charge in [-0.15, -0.1) is 0 Å². The Balaban J connectivity index is 1.53. The van der Waals surface area contributed by atoms with Crippen molar-refractivity contribution in [2.24, 2.45) is 0 Å². The first kappa shape index (κ1) is 23.7. The van der Waals surface area contributed by atoms with Crippen LogP contribution >= 0.6 is 22.9 Å². The van der Waals surface area contributed by atoms with E-state index in [1.165, 1.54) is 16.2 Å². The molecule has 4 aromatic rings. The number of aryl methyl sites for hydroxylation is 1. The summed E-state index contributed by atoms with van der Waals surface area (Å²) in [5.74, 6) is -0.917. The largest absolute Gasteiger partial charge is 0.507 e. The molecule has 1 saturated heterocycles. The van der Waals surface area contributed by atoms with E-state index in [0.717, 1.165) is 28.0 Å². The number of hydrogen-bond donors (Lipinski definition) is 1. The predicted molar refractivity (Wildman–Crippen MR) is 145 cm³/mol. The fraction of sp³-hybridized carbons (Fsp3) is 0.207. The maximum absolute atomic E-state index is 13.5. The molecular weight excluding hydrogens is 508 g/mol. The maximum atomic E-state index is 13.5. The first-order chi connectivity index (χ1) is 17.8. The summed E-state index contributed by atoms with van der Waals surface area (Å²) in [5.41, 5.74) is 3.99. The van der Waals surface area contributed by atoms with Crippen LogP contribution in [0.15, 0.2) is 66.2 Å². The van der Waals surface area contributed by atoms with Gasteiger partial charge in [-0.1, -0.05) is 54.1 Å². The molecule has 6 nitrogen and oxygen atoms in total. The minimum Gasteiger partial charge on any atom is -0.507 e. The van der Waals surface area contributed by atoms with Crippen LogP contribution in [-0.2, 0) is 22.4 Å². The quantitative estimate of drug-likeness (QED) is 0.186. The van der Waals surface area contributed by atoms with E-state index in [2.05, 4.69) is 11.9 Å². The van der Waals surface area contributed by atoms with Gasteiger partial charge in [0.2, 0.25) is 0 Å². The highest BCUT2D eigenvalue weighted by atomic mass is 35.5. The van der Waals surface area contributed by atoms with Crippen LogP contribution in [0.1, 0.15) is 42.1 Å². The Morgan fingerprint density at radius 2 is 1.92 bits per heavy atom. The number of aromatic nitrogens is 1. The van der Waals surface area contributed by atoms with Crippen molar-refractivity contribution in [1.82, 2.24) is 4.98 Å². The lowest BCUT2D eigenvalue weighted by Gasteiger charge is -2.23. The molecular formula is C29H23ClN2O4S. The number of thiazole rings is 1. The van der Waals surface area contributed by atoms with Crippen LogP contribution in [0.25, 0.3) is 16.0 Å². The number of fused-ring (bicyclic) bond motifs is 2. The second kappa shape index (κ2) is 9.01. The van der Waals surface area contributed by atoms with Gasteiger partial charge in [-0.25, -0.2) is 4.98 Å². The molecule has 0 bridgehead atoms. The van der Waals surface area contributed by atoms with Crippen LogP contribution < -0.4 is 9.64 Å². The highest BCUT2D eigenvalue weighted by Gasteiger charge is 2.48. The zero-order chi connectivity index (χ0) is 25.8. The first-order valence-electron chi connectivity index (χ1n) is 12.1. The number of ether oxygens (including phenoxy) is 1. The molecule has 37 heavy (non-hydrogen) atoms. The van der Waals surface area contributed by atoms with Crippen LogP contribution in [0.5, 0.6) is 5.75 Å². The summed E-state index contributed by atoms with van der Waals surface area (Å²) in [4.78, 5) is 33.0. The van der Waals surface area contributed by atoms with Gasteiger partial charge in [0.15, 0.2) is 5.13 Å². The van der Waals surface area contributed by atoms with E-state index < -0.39 is 17.7 Å². The molecule has 2 atom stereocenters. The van der Waals surface area contributed by atoms with E-state index in [-0.39, 0.29) is 17.4 Å². The molecule has 3 aromatic carbocycles. The Morgan fingerprint density at radius 3 is 2.68 bits per heavy atom. The van der Waals surface area contributed by atoms with Crippen molar-refractivity contribution in [1.29, 1.82) is 0 Å². The fourth-order valence-electron chi connectivity index (χ4n) is 5.00. The third-order valence-corrected chi connectivity index (χ3v) is 8.12. The summed E-state index contributed by atoms with van der Waals surface area (Å²) >= 11 is 7.45. The summed E-state index contributed by atoms with van der Waals surface area (Å²) in [7, 11) is 0. The number of Topliss-reactive ketones (excluding diaryl/α,β-unsaturated/α-hetero) is 1. The van der Waals surface area contributed by atoms with Crippen LogP contribution in [0.2, 0.25) is 5.02 Å². The summed E-state index contributed by atoms with van der Waals surface area (Å²) < 4.78 is 6.59. The average molecular weight is 531 g/mol. The highest BCUT2D eigenvalue weighted by Crippen LogP contribution is 2.45. The van der Waals surface area contributed by atoms with Crippen molar-refractivity contribution in [3.05, 3.63) is 93.5 Å². The lowest BCUT2D eigenvalue weighted by molar-refractivity contribution is -0.132. The summed E-state index contributed by atoms with van der Waals surface area (Å²) in [5, 5.41) is 12.4. The normalized spacial score (nSPS) is 20.5. The molecule has 1 N–H and O–H groups in total. The number of halogens is 1. The molecule has 1 amide bonds. The van der Waals surface area contributed by atoms with Crippen LogP contribution in [0.3, 0.4) is 0 Å². The summed E-state index contributed by atoms with van der Waals surface area (Å²) in [6.07, 6.45) is 1.61. The van der Waals surface area contributed by atoms with E-state index in [1.54, 1.807) is 30.3 Å². The molecule has 2 aliphatic heterocycles. The Hall–Kier alpha value is -3.68. The molecule has 0 aliphatic carbocycles. The Morgan fingerprint density at radius 1 is 1.14 bits per heavy atom. The second-order valence-corrected chi connectivity index (χ2v) is 10.8. The molecule has 1 fully saturated rings. The zero-order valence-electron chi connectivity index (χ0n) is 20.2. The van der Waals surface area contributed by atoms with E-state index in [9.17, 15) is 14.7 Å². The minimum atomic E-state index is -0.828. The second-order valence-electron chi connectivity index (χ2n) is 9.33. The molecule has 0 radical (unpaired) electrons. The van der Waals surface area contributed by atoms with Crippen LogP contribution in [0.4, 0.5) is 5.13 Å². The number of benzene rings is 3. The number of ketones is 1. The lowest BCUT2D eigenvalue weighted by Crippen LogP contribution is -2.29. The predicted octanol–water partition coefficient (Wildman–Crippen LogP) is 6.46. The molecule has 2 unspecified atom stereocenters. The average Bonchev–Trinajstić information content (AvgIpc) is 3.55. The van der Waals surface area contributed by atoms with Gasteiger partial charge in [-0.3, -0.25) is 14.5 Å². The van der Waals surface area contributed by atoms with E-state index >= 15 is 0 Å². The molecule has 1 aromatic heterocycles. The van der Waals surface area contributed by atoms with E-state index in [1.807, 2.05) is 37.3 Å². The number of carbonyl (C=O) groups excluding carboxylic acids is 2. The molecule has 0 saturated carbocycles. The Labute approximate surface area is 222 Å². The van der Waals surface area contributed by atoms with Gasteiger partial charge in [0, 0.05) is 17.0 Å². The SMILES string of the molecule is CCc1ccc(C2/C(=C(/O)c3ccc4c(c3)CC(C)O4)C(=O)C(=O)N2c2nc3ccc(Cl)cc3s2)cc1. The highest BCUT2D eigenvalue weighted by molar-refractivity contribution is 7.22. The number of aliphatic hydroxyl groups excluding tert-OH is 1. The van der Waals surface area contributed by atoms with Crippen LogP contribution in [0, 0.1) is 0 Å². The minimum absolute atomic E-state index is 0.0402. The smallest absolute Gasteiger partial charge is 0.301 e. The van der Waals surface area contributed by atoms with Crippen molar-refractivity contribution in [3.63, 3.8) is 0 Å². The number of amides is 1. The number of carbonyl (C=O) groups is 2. The van der Waals surface area contributed by atoms with Gasteiger partial charge < -0.3 is 9.84 Å². The third kappa shape index (κ3) is 3.99. The van der Waals surface area contributed by atoms with Crippen molar-refractivity contribution in [3.8, 4) is 5.75 Å². The van der Waals surface area contributed by atoms with Gasteiger partial charge in [0.05, 0.1) is 21.8 Å². The van der Waals surface area contributed by atoms with Crippen molar-refractivity contribution < 1.29 is 19.4 Å². The van der Waals surface area contributed by atoms with Crippen molar-refractivity contribution >= 4 is 55.7 Å². The Kier molecular flexibility index (Phi) is 5.77. The van der Waals surface area contributed by atoms with Crippen LogP contribution in [-0.4, -0.2) is 27.9 Å². The molecule has 2 aliphatic rings. The van der Waals surface area contributed by atoms with Crippen molar-refractivity contribution in [2.45, 2.75) is 38.8 Å². The number of anilines is 1. The molecule has 8 heteroatoms. The number of aliphatic hydroxyl groups is 1. The molecule has 186 valence electrons. The number of nitrogens with zero attached hydrogens (tertiary/aromatic N) is 2. The van der Waals surface area contributed by atoms with Gasteiger partial charge in [0.25, 0.3) is 5.78 Å². The van der Waals surface area contributed by atoms with Gasteiger partial charge in [0.1, 0.15) is 17.6 Å². The van der Waals surface area contributed by atoms with Gasteiger partial charge in [-0.05, 0) is 66.4 Å². The van der Waals surface area contributed by atoms with Gasteiger partial charge >= 0.3 is 5.91 Å². The molecule has 3 heterocycles. The van der Waals surface area contributed by atoms with Gasteiger partial charge in [-0.2, -0.15) is 0 Å². The van der Waals surface area contributed by atoms with Crippen molar-refractivity contribution in [2.75, 3.05) is 4.90 Å². The molecule has 6 rings (SSSR count). The molecule has 0 spiro atoms. The summed E-state index contributed by atoms with van der Waals surface area (Å²) in [6, 6.07) is 17.6. The summed E-state index contributed by atoms with van der Waals surface area (Å²) in [6.45, 7) is 4.04. The standard InChI is InChI=1S/C29H23ClN2O4S/c1-3-16-4-6-17(7-5-16)25-24(26(33)18-8-11-22-19(13-18)12-15(2)36-22)27(34)28(35)32(25)29-31-21-10-9-20(30)14-23(21)37-29/h4-11,13-15,25,33H,3,12H2,1-2H3/b26-24-. The fourth-order valence-corrected chi connectivity index (χ4v) is 6.26. The first-order valence-corrected chi connectivity index (χ1v) is 13.3. The maximum Gasteiger partial charge on any atom is 0.301 e. The number of rotatable bonds is 4. The zero-order valence-corrected chi connectivity index (χ0v) is 21.8. The van der Waals surface area contributed by atoms with E-state index in [4.69, 9.17) is 16.3 Å². The Bertz CT molecular complexity index is 1610. The lowest BCUT2D eigenvalue weighted by atomic mass is 9.94. The topological polar surface area (TPSA) is 79.7 Å². The third-order valence-electron chi connectivity index (χ3n) is 6.86. The number of hydrogen-bond acceptors (Lipinski definition) is 6. The monoisotopic (exact) mass is 530 g/mol.